The molecule has 0 aromatic heterocycles. The lowest BCUT2D eigenvalue weighted by molar-refractivity contribution is -0.207. The van der Waals surface area contributed by atoms with Crippen LogP contribution in [-0.4, -0.2) is 11.6 Å². The Labute approximate surface area is 136 Å². The van der Waals surface area contributed by atoms with Gasteiger partial charge in [-0.1, -0.05) is 34.1 Å². The van der Waals surface area contributed by atoms with Crippen LogP contribution in [0.4, 0.5) is 0 Å². The summed E-state index contributed by atoms with van der Waals surface area (Å²) in [5.74, 6) is 2.77. The topological polar surface area (TPSA) is 26.3 Å². The van der Waals surface area contributed by atoms with E-state index in [0.29, 0.717) is 0 Å². The van der Waals surface area contributed by atoms with Gasteiger partial charge in [0.1, 0.15) is 5.60 Å². The van der Waals surface area contributed by atoms with E-state index in [1.54, 1.807) is 0 Å². The Kier molecular flexibility index (Phi) is 4.33. The summed E-state index contributed by atoms with van der Waals surface area (Å²) in [7, 11) is 0. The highest BCUT2D eigenvalue weighted by molar-refractivity contribution is 5.72. The van der Waals surface area contributed by atoms with Gasteiger partial charge in [-0.05, 0) is 69.1 Å². The van der Waals surface area contributed by atoms with Gasteiger partial charge in [0.05, 0.1) is 5.92 Å². The molecule has 0 aliphatic heterocycles. The average molecular weight is 306 g/mol. The zero-order chi connectivity index (χ0) is 16.0. The molecular formula is C20H34O2. The summed E-state index contributed by atoms with van der Waals surface area (Å²) in [6.07, 6.45) is 11.6. The molecule has 0 saturated heterocycles. The standard InChI is InChI=1S/C20H34O2/c1-5-20(6-2,22-18(21)14(3)4)19-10-9-16-8-7-15(12-19)11-17(16)13-19/h14-17H,5-13H2,1-4H3. The minimum atomic E-state index is -0.215. The van der Waals surface area contributed by atoms with E-state index in [1.165, 1.54) is 44.9 Å². The van der Waals surface area contributed by atoms with Gasteiger partial charge in [-0.25, -0.2) is 0 Å². The monoisotopic (exact) mass is 306 g/mol. The first-order chi connectivity index (χ1) is 10.5. The Balaban J connectivity index is 1.91. The Morgan fingerprint density at radius 2 is 1.86 bits per heavy atom. The van der Waals surface area contributed by atoms with Crippen LogP contribution in [0.5, 0.6) is 0 Å². The molecule has 2 heteroatoms. The first-order valence-electron chi connectivity index (χ1n) is 9.68. The maximum Gasteiger partial charge on any atom is 0.308 e. The normalized spacial score (nSPS) is 37.4. The quantitative estimate of drug-likeness (QED) is 0.640. The molecule has 0 spiro atoms. The minimum Gasteiger partial charge on any atom is -0.458 e. The SMILES string of the molecule is CCC(CC)(OC(=O)C(C)C)C12CCC3CCC(CC3C1)C2. The zero-order valence-electron chi connectivity index (χ0n) is 15.0. The van der Waals surface area contributed by atoms with Gasteiger partial charge in [0, 0.05) is 5.41 Å². The lowest BCUT2D eigenvalue weighted by atomic mass is 9.46. The molecule has 4 unspecified atom stereocenters. The van der Waals surface area contributed by atoms with Crippen LogP contribution in [0.1, 0.15) is 85.5 Å². The van der Waals surface area contributed by atoms with Crippen molar-refractivity contribution in [1.82, 2.24) is 0 Å². The van der Waals surface area contributed by atoms with Gasteiger partial charge < -0.3 is 4.74 Å². The summed E-state index contributed by atoms with van der Waals surface area (Å²) < 4.78 is 6.28. The van der Waals surface area contributed by atoms with Crippen LogP contribution in [0.25, 0.3) is 0 Å². The molecule has 4 atom stereocenters. The molecule has 3 aliphatic rings. The van der Waals surface area contributed by atoms with Crippen molar-refractivity contribution >= 4 is 5.97 Å². The van der Waals surface area contributed by atoms with Crippen molar-refractivity contribution in [3.8, 4) is 0 Å². The summed E-state index contributed by atoms with van der Waals surface area (Å²) in [5.41, 5.74) is 0.0547. The van der Waals surface area contributed by atoms with Gasteiger partial charge in [-0.3, -0.25) is 4.79 Å². The third kappa shape index (κ3) is 2.41. The molecule has 22 heavy (non-hydrogen) atoms. The minimum absolute atomic E-state index is 0.0101. The molecule has 0 heterocycles. The fourth-order valence-electron chi connectivity index (χ4n) is 6.21. The lowest BCUT2D eigenvalue weighted by Crippen LogP contribution is -2.58. The molecule has 3 rings (SSSR count). The first-order valence-corrected chi connectivity index (χ1v) is 9.68. The van der Waals surface area contributed by atoms with Gasteiger partial charge in [0.15, 0.2) is 0 Å². The van der Waals surface area contributed by atoms with Crippen LogP contribution in [0, 0.1) is 29.1 Å². The van der Waals surface area contributed by atoms with E-state index in [2.05, 4.69) is 13.8 Å². The third-order valence-corrected chi connectivity index (χ3v) is 7.45. The van der Waals surface area contributed by atoms with E-state index in [-0.39, 0.29) is 22.9 Å². The average Bonchev–Trinajstić information content (AvgIpc) is 2.50. The maximum absolute atomic E-state index is 12.4. The summed E-state index contributed by atoms with van der Waals surface area (Å²) in [5, 5.41) is 0. The molecule has 0 amide bonds. The Bertz CT molecular complexity index is 419. The molecular weight excluding hydrogens is 272 g/mol. The molecule has 2 nitrogen and oxygen atoms in total. The van der Waals surface area contributed by atoms with Crippen LogP contribution in [0.15, 0.2) is 0 Å². The van der Waals surface area contributed by atoms with E-state index in [9.17, 15) is 4.79 Å². The van der Waals surface area contributed by atoms with Crippen molar-refractivity contribution in [1.29, 1.82) is 0 Å². The smallest absolute Gasteiger partial charge is 0.308 e. The van der Waals surface area contributed by atoms with Crippen LogP contribution >= 0.6 is 0 Å². The number of ether oxygens (including phenoxy) is 1. The summed E-state index contributed by atoms with van der Waals surface area (Å²) >= 11 is 0. The number of rotatable bonds is 5. The summed E-state index contributed by atoms with van der Waals surface area (Å²) in [6, 6.07) is 0. The Morgan fingerprint density at radius 3 is 2.50 bits per heavy atom. The van der Waals surface area contributed by atoms with Crippen LogP contribution in [0.3, 0.4) is 0 Å². The molecule has 0 N–H and O–H groups in total. The Hall–Kier alpha value is -0.530. The van der Waals surface area contributed by atoms with E-state index >= 15 is 0 Å². The third-order valence-electron chi connectivity index (χ3n) is 7.45. The van der Waals surface area contributed by atoms with Gasteiger partial charge >= 0.3 is 5.97 Å². The maximum atomic E-state index is 12.4. The van der Waals surface area contributed by atoms with E-state index in [0.717, 1.165) is 30.6 Å². The number of fused-ring (bicyclic) bond motifs is 2. The largest absolute Gasteiger partial charge is 0.458 e. The zero-order valence-corrected chi connectivity index (χ0v) is 15.0. The van der Waals surface area contributed by atoms with Crippen molar-refractivity contribution in [2.24, 2.45) is 29.1 Å². The van der Waals surface area contributed by atoms with Crippen LogP contribution in [0.2, 0.25) is 0 Å². The number of esters is 1. The second kappa shape index (κ2) is 5.83. The molecule has 3 saturated carbocycles. The molecule has 3 fully saturated rings. The first kappa shape index (κ1) is 16.3. The summed E-state index contributed by atoms with van der Waals surface area (Å²) in [6.45, 7) is 8.40. The number of hydrogen-bond acceptors (Lipinski definition) is 2. The second-order valence-corrected chi connectivity index (χ2v) is 8.70. The molecule has 0 aromatic rings. The Morgan fingerprint density at radius 1 is 1.14 bits per heavy atom. The van der Waals surface area contributed by atoms with Gasteiger partial charge in [-0.15, -0.1) is 0 Å². The second-order valence-electron chi connectivity index (χ2n) is 8.70. The van der Waals surface area contributed by atoms with Crippen LogP contribution in [-0.2, 0) is 9.53 Å². The molecule has 126 valence electrons. The van der Waals surface area contributed by atoms with Crippen molar-refractivity contribution in [3.05, 3.63) is 0 Å². The lowest BCUT2D eigenvalue weighted by Gasteiger charge is -2.61. The highest BCUT2D eigenvalue weighted by atomic mass is 16.6. The van der Waals surface area contributed by atoms with E-state index in [1.807, 2.05) is 13.8 Å². The predicted molar refractivity (Wildman–Crippen MR) is 89.5 cm³/mol. The molecule has 0 radical (unpaired) electrons. The van der Waals surface area contributed by atoms with Gasteiger partial charge in [-0.2, -0.15) is 0 Å². The fraction of sp³-hybridized carbons (Fsp3) is 0.950. The van der Waals surface area contributed by atoms with Gasteiger partial charge in [0.25, 0.3) is 0 Å². The van der Waals surface area contributed by atoms with E-state index < -0.39 is 0 Å². The molecule has 3 bridgehead atoms. The van der Waals surface area contributed by atoms with Crippen LogP contribution < -0.4 is 0 Å². The number of carbonyl (C=O) groups excluding carboxylic acids is 1. The van der Waals surface area contributed by atoms with Crippen molar-refractivity contribution in [2.45, 2.75) is 91.1 Å². The highest BCUT2D eigenvalue weighted by Gasteiger charge is 2.59. The van der Waals surface area contributed by atoms with Crippen molar-refractivity contribution in [3.63, 3.8) is 0 Å². The number of hydrogen-bond donors (Lipinski definition) is 0. The predicted octanol–water partition coefficient (Wildman–Crippen LogP) is 5.35. The summed E-state index contributed by atoms with van der Waals surface area (Å²) in [4.78, 5) is 12.4. The highest BCUT2D eigenvalue weighted by Crippen LogP contribution is 2.64. The van der Waals surface area contributed by atoms with Crippen molar-refractivity contribution in [2.75, 3.05) is 0 Å². The van der Waals surface area contributed by atoms with Gasteiger partial charge in [0.2, 0.25) is 0 Å². The molecule has 3 aliphatic carbocycles. The van der Waals surface area contributed by atoms with E-state index in [4.69, 9.17) is 4.74 Å². The van der Waals surface area contributed by atoms with Crippen molar-refractivity contribution < 1.29 is 9.53 Å². The molecule has 0 aromatic carbocycles. The fourth-order valence-corrected chi connectivity index (χ4v) is 6.21. The number of carbonyl (C=O) groups is 1.